The van der Waals surface area contributed by atoms with Gasteiger partial charge >= 0.3 is 0 Å². The average Bonchev–Trinajstić information content (AvgIpc) is 2.41. The molecule has 1 aliphatic rings. The molecule has 1 aliphatic carbocycles. The zero-order valence-corrected chi connectivity index (χ0v) is 11.5. The van der Waals surface area contributed by atoms with Crippen LogP contribution in [0.2, 0.25) is 0 Å². The molecule has 4 heteroatoms. The van der Waals surface area contributed by atoms with Gasteiger partial charge in [-0.05, 0) is 30.9 Å². The lowest BCUT2D eigenvalue weighted by Crippen LogP contribution is -2.42. The second-order valence-corrected chi connectivity index (χ2v) is 5.42. The third kappa shape index (κ3) is 2.67. The fraction of sp³-hybridized carbons (Fsp3) is 0.533. The molecule has 1 amide bonds. The van der Waals surface area contributed by atoms with Crippen LogP contribution in [0.5, 0.6) is 11.5 Å². The van der Waals surface area contributed by atoms with E-state index >= 15 is 0 Å². The van der Waals surface area contributed by atoms with Crippen LogP contribution in [-0.4, -0.2) is 34.1 Å². The molecule has 1 aromatic carbocycles. The van der Waals surface area contributed by atoms with Gasteiger partial charge in [-0.25, -0.2) is 0 Å². The minimum Gasteiger partial charge on any atom is -0.504 e. The molecule has 19 heavy (non-hydrogen) atoms. The highest BCUT2D eigenvalue weighted by atomic mass is 16.3. The molecule has 2 N–H and O–H groups in total. The fourth-order valence-electron chi connectivity index (χ4n) is 2.92. The van der Waals surface area contributed by atoms with Crippen molar-refractivity contribution >= 4 is 5.91 Å². The van der Waals surface area contributed by atoms with Gasteiger partial charge in [0.1, 0.15) is 0 Å². The van der Waals surface area contributed by atoms with Crippen LogP contribution < -0.4 is 0 Å². The normalized spacial score (nSPS) is 23.1. The Hall–Kier alpha value is -1.71. The van der Waals surface area contributed by atoms with Crippen LogP contribution in [0.3, 0.4) is 0 Å². The minimum atomic E-state index is -0.331. The predicted molar refractivity (Wildman–Crippen MR) is 73.3 cm³/mol. The molecule has 4 nitrogen and oxygen atoms in total. The molecule has 0 saturated heterocycles. The largest absolute Gasteiger partial charge is 0.504 e. The van der Waals surface area contributed by atoms with Gasteiger partial charge < -0.3 is 15.1 Å². The van der Waals surface area contributed by atoms with Gasteiger partial charge in [0.05, 0.1) is 5.56 Å². The van der Waals surface area contributed by atoms with E-state index in [9.17, 15) is 15.0 Å². The van der Waals surface area contributed by atoms with Gasteiger partial charge in [0.2, 0.25) is 0 Å². The Morgan fingerprint density at radius 3 is 2.63 bits per heavy atom. The molecule has 0 aliphatic heterocycles. The molecule has 104 valence electrons. The van der Waals surface area contributed by atoms with Gasteiger partial charge in [0.25, 0.3) is 5.91 Å². The molecular formula is C15H21NO3. The summed E-state index contributed by atoms with van der Waals surface area (Å²) in [6.45, 7) is 2.16. The topological polar surface area (TPSA) is 60.8 Å². The van der Waals surface area contributed by atoms with Crippen molar-refractivity contribution in [3.05, 3.63) is 23.8 Å². The summed E-state index contributed by atoms with van der Waals surface area (Å²) in [6, 6.07) is 4.69. The third-order valence-corrected chi connectivity index (χ3v) is 4.13. The number of carbonyl (C=O) groups excluding carboxylic acids is 1. The van der Waals surface area contributed by atoms with Gasteiger partial charge in [-0.3, -0.25) is 4.79 Å². The lowest BCUT2D eigenvalue weighted by atomic mass is 9.85. The van der Waals surface area contributed by atoms with Crippen LogP contribution >= 0.6 is 0 Å². The lowest BCUT2D eigenvalue weighted by Gasteiger charge is -2.36. The molecule has 0 radical (unpaired) electrons. The summed E-state index contributed by atoms with van der Waals surface area (Å²) in [5.74, 6) is -0.340. The summed E-state index contributed by atoms with van der Waals surface area (Å²) in [7, 11) is 1.78. The number of rotatable bonds is 2. The Bertz CT molecular complexity index is 472. The summed E-state index contributed by atoms with van der Waals surface area (Å²) in [6.07, 6.45) is 4.49. The van der Waals surface area contributed by atoms with E-state index in [1.165, 1.54) is 12.5 Å². The summed E-state index contributed by atoms with van der Waals surface area (Å²) >= 11 is 0. The van der Waals surface area contributed by atoms with Crippen LogP contribution in [-0.2, 0) is 0 Å². The maximum Gasteiger partial charge on any atom is 0.257 e. The van der Waals surface area contributed by atoms with E-state index in [0.717, 1.165) is 19.3 Å². The van der Waals surface area contributed by atoms with E-state index in [0.29, 0.717) is 5.92 Å². The maximum absolute atomic E-state index is 12.4. The summed E-state index contributed by atoms with van der Waals surface area (Å²) in [4.78, 5) is 14.1. The third-order valence-electron chi connectivity index (χ3n) is 4.13. The number of amides is 1. The Morgan fingerprint density at radius 1 is 1.26 bits per heavy atom. The summed E-state index contributed by atoms with van der Waals surface area (Å²) < 4.78 is 0. The van der Waals surface area contributed by atoms with Crippen LogP contribution in [0.25, 0.3) is 0 Å². The Kier molecular flexibility index (Phi) is 3.98. The highest BCUT2D eigenvalue weighted by molar-refractivity contribution is 5.97. The Balaban J connectivity index is 2.21. The number of carbonyl (C=O) groups is 1. The smallest absolute Gasteiger partial charge is 0.257 e. The SMILES string of the molecule is CC1CCCCC1N(C)C(=O)c1cccc(O)c1O. The van der Waals surface area contributed by atoms with Gasteiger partial charge in [0, 0.05) is 13.1 Å². The highest BCUT2D eigenvalue weighted by Crippen LogP contribution is 2.32. The van der Waals surface area contributed by atoms with E-state index in [2.05, 4.69) is 6.92 Å². The van der Waals surface area contributed by atoms with Gasteiger partial charge in [-0.15, -0.1) is 0 Å². The lowest BCUT2D eigenvalue weighted by molar-refractivity contribution is 0.0625. The van der Waals surface area contributed by atoms with Crippen molar-refractivity contribution < 1.29 is 15.0 Å². The van der Waals surface area contributed by atoms with E-state index in [-0.39, 0.29) is 29.0 Å². The van der Waals surface area contributed by atoms with Crippen molar-refractivity contribution in [1.82, 2.24) is 4.90 Å². The number of nitrogens with zero attached hydrogens (tertiary/aromatic N) is 1. The van der Waals surface area contributed by atoms with Crippen LogP contribution in [0, 0.1) is 5.92 Å². The molecule has 1 fully saturated rings. The van der Waals surface area contributed by atoms with E-state index < -0.39 is 0 Å². The van der Waals surface area contributed by atoms with Crippen molar-refractivity contribution in [2.24, 2.45) is 5.92 Å². The number of hydrogen-bond acceptors (Lipinski definition) is 3. The van der Waals surface area contributed by atoms with Gasteiger partial charge in [-0.2, -0.15) is 0 Å². The van der Waals surface area contributed by atoms with Gasteiger partial charge in [0.15, 0.2) is 11.5 Å². The molecule has 0 aromatic heterocycles. The first-order chi connectivity index (χ1) is 9.02. The van der Waals surface area contributed by atoms with E-state index in [1.807, 2.05) is 0 Å². The van der Waals surface area contributed by atoms with Crippen molar-refractivity contribution in [3.8, 4) is 11.5 Å². The van der Waals surface area contributed by atoms with E-state index in [1.54, 1.807) is 24.1 Å². The molecular weight excluding hydrogens is 242 g/mol. The van der Waals surface area contributed by atoms with Crippen molar-refractivity contribution in [1.29, 1.82) is 0 Å². The number of benzene rings is 1. The molecule has 1 aromatic rings. The first kappa shape index (κ1) is 13.7. The highest BCUT2D eigenvalue weighted by Gasteiger charge is 2.29. The number of para-hydroxylation sites is 1. The van der Waals surface area contributed by atoms with Crippen LogP contribution in [0.4, 0.5) is 0 Å². The van der Waals surface area contributed by atoms with Crippen molar-refractivity contribution in [2.45, 2.75) is 38.6 Å². The van der Waals surface area contributed by atoms with Crippen LogP contribution in [0.15, 0.2) is 18.2 Å². The standard InChI is InChI=1S/C15H21NO3/c1-10-6-3-4-8-12(10)16(2)15(19)11-7-5-9-13(17)14(11)18/h5,7,9-10,12,17-18H,3-4,6,8H2,1-2H3. The predicted octanol–water partition coefficient (Wildman–Crippen LogP) is 2.75. The number of phenols is 2. The molecule has 0 heterocycles. The van der Waals surface area contributed by atoms with Crippen molar-refractivity contribution in [3.63, 3.8) is 0 Å². The first-order valence-electron chi connectivity index (χ1n) is 6.80. The quantitative estimate of drug-likeness (QED) is 0.806. The molecule has 1 saturated carbocycles. The molecule has 2 atom stereocenters. The number of phenolic OH excluding ortho intramolecular Hbond substituents is 2. The maximum atomic E-state index is 12.4. The van der Waals surface area contributed by atoms with Crippen molar-refractivity contribution in [2.75, 3.05) is 7.05 Å². The van der Waals surface area contributed by atoms with Gasteiger partial charge in [-0.1, -0.05) is 25.8 Å². The molecule has 2 rings (SSSR count). The summed E-state index contributed by atoms with van der Waals surface area (Å²) in [5, 5.41) is 19.3. The Labute approximate surface area is 113 Å². The monoisotopic (exact) mass is 263 g/mol. The number of hydrogen-bond donors (Lipinski definition) is 2. The number of aromatic hydroxyl groups is 2. The minimum absolute atomic E-state index is 0.167. The Morgan fingerprint density at radius 2 is 1.95 bits per heavy atom. The molecule has 2 unspecified atom stereocenters. The molecule has 0 spiro atoms. The van der Waals surface area contributed by atoms with Crippen LogP contribution in [0.1, 0.15) is 43.0 Å². The zero-order chi connectivity index (χ0) is 14.0. The molecule has 0 bridgehead atoms. The zero-order valence-electron chi connectivity index (χ0n) is 11.5. The second kappa shape index (κ2) is 5.51. The average molecular weight is 263 g/mol. The second-order valence-electron chi connectivity index (χ2n) is 5.42. The summed E-state index contributed by atoms with van der Waals surface area (Å²) in [5.41, 5.74) is 0.167. The fourth-order valence-corrected chi connectivity index (χ4v) is 2.92. The first-order valence-corrected chi connectivity index (χ1v) is 6.80. The van der Waals surface area contributed by atoms with E-state index in [4.69, 9.17) is 0 Å².